The lowest BCUT2D eigenvalue weighted by atomic mass is 10.2. The van der Waals surface area contributed by atoms with Crippen molar-refractivity contribution < 1.29 is 4.42 Å². The molecule has 2 aromatic rings. The van der Waals surface area contributed by atoms with E-state index in [4.69, 9.17) is 16.0 Å². The van der Waals surface area contributed by atoms with E-state index < -0.39 is 0 Å². The van der Waals surface area contributed by atoms with Crippen LogP contribution in [0.5, 0.6) is 0 Å². The topological polar surface area (TPSA) is 38.1 Å². The third-order valence-electron chi connectivity index (χ3n) is 2.16. The Hall–Kier alpha value is -1.000. The predicted molar refractivity (Wildman–Crippen MR) is 67.7 cm³/mol. The van der Waals surface area contributed by atoms with Crippen LogP contribution in [0.1, 0.15) is 18.7 Å². The lowest BCUT2D eigenvalue weighted by Crippen LogP contribution is -2.06. The van der Waals surface area contributed by atoms with Gasteiger partial charge in [-0.25, -0.2) is 0 Å². The average Bonchev–Trinajstić information content (AvgIpc) is 2.68. The van der Waals surface area contributed by atoms with Crippen molar-refractivity contribution in [2.24, 2.45) is 0 Å². The summed E-state index contributed by atoms with van der Waals surface area (Å²) in [6, 6.07) is 5.55. The molecule has 2 aromatic heterocycles. The van der Waals surface area contributed by atoms with E-state index in [9.17, 15) is 0 Å². The molecule has 0 aliphatic carbocycles. The third-order valence-corrected chi connectivity index (χ3v) is 2.92. The van der Waals surface area contributed by atoms with Gasteiger partial charge in [-0.1, -0.05) is 11.6 Å². The SMILES string of the molecule is CC(Nc1cnccc1Cl)c1ccc(Br)o1. The van der Waals surface area contributed by atoms with E-state index >= 15 is 0 Å². The Labute approximate surface area is 107 Å². The molecule has 0 aromatic carbocycles. The second-order valence-electron chi connectivity index (χ2n) is 3.36. The van der Waals surface area contributed by atoms with Crippen LogP contribution in [-0.2, 0) is 0 Å². The molecule has 0 aliphatic heterocycles. The largest absolute Gasteiger partial charge is 0.452 e. The Bertz CT molecular complexity index is 486. The number of nitrogens with one attached hydrogen (secondary N) is 1. The van der Waals surface area contributed by atoms with Gasteiger partial charge in [0.1, 0.15) is 5.76 Å². The number of hydrogen-bond acceptors (Lipinski definition) is 3. The minimum Gasteiger partial charge on any atom is -0.452 e. The van der Waals surface area contributed by atoms with Crippen molar-refractivity contribution in [3.8, 4) is 0 Å². The number of rotatable bonds is 3. The molecule has 2 heterocycles. The molecule has 0 saturated heterocycles. The van der Waals surface area contributed by atoms with Crippen LogP contribution in [0.4, 0.5) is 5.69 Å². The summed E-state index contributed by atoms with van der Waals surface area (Å²) >= 11 is 9.29. The monoisotopic (exact) mass is 300 g/mol. The summed E-state index contributed by atoms with van der Waals surface area (Å²) in [4.78, 5) is 4.01. The van der Waals surface area contributed by atoms with Gasteiger partial charge in [-0.2, -0.15) is 0 Å². The average molecular weight is 302 g/mol. The van der Waals surface area contributed by atoms with E-state index in [1.54, 1.807) is 18.5 Å². The minimum absolute atomic E-state index is 0.0352. The van der Waals surface area contributed by atoms with Gasteiger partial charge in [0.15, 0.2) is 4.67 Å². The lowest BCUT2D eigenvalue weighted by Gasteiger charge is -2.13. The van der Waals surface area contributed by atoms with Crippen LogP contribution in [-0.4, -0.2) is 4.98 Å². The standard InChI is InChI=1S/C11H10BrClN2O/c1-7(10-2-3-11(12)16-10)15-9-6-14-5-4-8(9)13/h2-7,15H,1H3. The van der Waals surface area contributed by atoms with Gasteiger partial charge in [-0.3, -0.25) is 4.98 Å². The van der Waals surface area contributed by atoms with Gasteiger partial charge < -0.3 is 9.73 Å². The Morgan fingerprint density at radius 1 is 1.44 bits per heavy atom. The molecule has 1 atom stereocenters. The second-order valence-corrected chi connectivity index (χ2v) is 4.55. The molecule has 0 saturated carbocycles. The first-order valence-corrected chi connectivity index (χ1v) is 5.95. The molecule has 84 valence electrons. The molecule has 0 fully saturated rings. The first-order chi connectivity index (χ1) is 7.66. The summed E-state index contributed by atoms with van der Waals surface area (Å²) in [6.07, 6.45) is 3.35. The molecular formula is C11H10BrClN2O. The van der Waals surface area contributed by atoms with Crippen LogP contribution in [0.25, 0.3) is 0 Å². The van der Waals surface area contributed by atoms with Gasteiger partial charge in [0.25, 0.3) is 0 Å². The first-order valence-electron chi connectivity index (χ1n) is 4.78. The molecule has 2 rings (SSSR count). The number of aromatic nitrogens is 1. The van der Waals surface area contributed by atoms with E-state index in [1.807, 2.05) is 19.1 Å². The molecule has 1 N–H and O–H groups in total. The summed E-state index contributed by atoms with van der Waals surface area (Å²) in [5.41, 5.74) is 0.796. The van der Waals surface area contributed by atoms with Crippen molar-refractivity contribution in [3.63, 3.8) is 0 Å². The van der Waals surface area contributed by atoms with E-state index in [1.165, 1.54) is 0 Å². The van der Waals surface area contributed by atoms with Crippen LogP contribution in [0.3, 0.4) is 0 Å². The zero-order valence-electron chi connectivity index (χ0n) is 8.58. The molecule has 1 unspecified atom stereocenters. The Morgan fingerprint density at radius 2 is 2.25 bits per heavy atom. The van der Waals surface area contributed by atoms with E-state index in [0.29, 0.717) is 9.69 Å². The van der Waals surface area contributed by atoms with Crippen molar-refractivity contribution >= 4 is 33.2 Å². The van der Waals surface area contributed by atoms with Crippen molar-refractivity contribution in [1.29, 1.82) is 0 Å². The predicted octanol–water partition coefficient (Wildman–Crippen LogP) is 4.26. The molecular weight excluding hydrogens is 291 g/mol. The molecule has 0 amide bonds. The van der Waals surface area contributed by atoms with Crippen LogP contribution < -0.4 is 5.32 Å². The summed E-state index contributed by atoms with van der Waals surface area (Å²) in [5.74, 6) is 0.840. The molecule has 0 aliphatic rings. The molecule has 5 heteroatoms. The van der Waals surface area contributed by atoms with Gasteiger partial charge in [-0.05, 0) is 41.1 Å². The number of pyridine rings is 1. The smallest absolute Gasteiger partial charge is 0.169 e. The van der Waals surface area contributed by atoms with E-state index in [2.05, 4.69) is 26.2 Å². The third kappa shape index (κ3) is 2.57. The summed E-state index contributed by atoms with van der Waals surface area (Å²) in [6.45, 7) is 1.99. The fourth-order valence-electron chi connectivity index (χ4n) is 1.35. The summed E-state index contributed by atoms with van der Waals surface area (Å²) in [5, 5.41) is 3.88. The van der Waals surface area contributed by atoms with Crippen LogP contribution in [0.15, 0.2) is 39.7 Å². The fraction of sp³-hybridized carbons (Fsp3) is 0.182. The van der Waals surface area contributed by atoms with Crippen LogP contribution in [0.2, 0.25) is 5.02 Å². The minimum atomic E-state index is 0.0352. The summed E-state index contributed by atoms with van der Waals surface area (Å²) < 4.78 is 6.16. The Balaban J connectivity index is 2.13. The normalized spacial score (nSPS) is 12.4. The first kappa shape index (κ1) is 11.5. The van der Waals surface area contributed by atoms with Crippen molar-refractivity contribution in [1.82, 2.24) is 4.98 Å². The highest BCUT2D eigenvalue weighted by atomic mass is 79.9. The molecule has 3 nitrogen and oxygen atoms in total. The van der Waals surface area contributed by atoms with Crippen molar-refractivity contribution in [2.75, 3.05) is 5.32 Å². The lowest BCUT2D eigenvalue weighted by molar-refractivity contribution is 0.471. The maximum atomic E-state index is 6.02. The van der Waals surface area contributed by atoms with Crippen molar-refractivity contribution in [2.45, 2.75) is 13.0 Å². The van der Waals surface area contributed by atoms with Crippen molar-refractivity contribution in [3.05, 3.63) is 46.0 Å². The second kappa shape index (κ2) is 4.89. The van der Waals surface area contributed by atoms with Gasteiger partial charge >= 0.3 is 0 Å². The van der Waals surface area contributed by atoms with E-state index in [0.717, 1.165) is 11.4 Å². The van der Waals surface area contributed by atoms with Gasteiger partial charge in [0.2, 0.25) is 0 Å². The summed E-state index contributed by atoms with van der Waals surface area (Å²) in [7, 11) is 0. The fourth-order valence-corrected chi connectivity index (χ4v) is 1.83. The number of hydrogen-bond donors (Lipinski definition) is 1. The maximum Gasteiger partial charge on any atom is 0.169 e. The van der Waals surface area contributed by atoms with Gasteiger partial charge in [0, 0.05) is 6.20 Å². The molecule has 0 radical (unpaired) electrons. The highest BCUT2D eigenvalue weighted by Crippen LogP contribution is 2.26. The highest BCUT2D eigenvalue weighted by molar-refractivity contribution is 9.10. The molecule has 0 bridgehead atoms. The quantitative estimate of drug-likeness (QED) is 0.920. The van der Waals surface area contributed by atoms with Gasteiger partial charge in [-0.15, -0.1) is 0 Å². The zero-order chi connectivity index (χ0) is 11.5. The van der Waals surface area contributed by atoms with Crippen LogP contribution in [0, 0.1) is 0 Å². The Kier molecular flexibility index (Phi) is 3.51. The maximum absolute atomic E-state index is 6.02. The van der Waals surface area contributed by atoms with Crippen LogP contribution >= 0.6 is 27.5 Å². The Morgan fingerprint density at radius 3 is 2.88 bits per heavy atom. The molecule has 0 spiro atoms. The number of anilines is 1. The number of nitrogens with zero attached hydrogens (tertiary/aromatic N) is 1. The zero-order valence-corrected chi connectivity index (χ0v) is 10.9. The number of furan rings is 1. The number of halogens is 2. The van der Waals surface area contributed by atoms with E-state index in [-0.39, 0.29) is 6.04 Å². The van der Waals surface area contributed by atoms with Gasteiger partial charge in [0.05, 0.1) is 22.9 Å². The highest BCUT2D eigenvalue weighted by Gasteiger charge is 2.11. The molecule has 16 heavy (non-hydrogen) atoms.